The first-order valence-corrected chi connectivity index (χ1v) is 19.9. The van der Waals surface area contributed by atoms with E-state index in [0.29, 0.717) is 37.8 Å². The summed E-state index contributed by atoms with van der Waals surface area (Å²) in [6, 6.07) is 21.2. The monoisotopic (exact) mass is 781 g/mol. The molecule has 0 aliphatic carbocycles. The summed E-state index contributed by atoms with van der Waals surface area (Å²) in [6.07, 6.45) is 4.60. The fraction of sp³-hybridized carbons (Fsp3) is 0.444. The summed E-state index contributed by atoms with van der Waals surface area (Å²) < 4.78 is 11.2. The first kappa shape index (κ1) is 45.7. The van der Waals surface area contributed by atoms with Crippen molar-refractivity contribution in [2.45, 2.75) is 113 Å². The molecule has 0 aliphatic heterocycles. The van der Waals surface area contributed by atoms with Gasteiger partial charge in [0.15, 0.2) is 0 Å². The molecule has 0 bridgehead atoms. The molecule has 57 heavy (non-hydrogen) atoms. The van der Waals surface area contributed by atoms with Crippen LogP contribution in [0.3, 0.4) is 0 Å². The van der Waals surface area contributed by atoms with E-state index in [4.69, 9.17) is 9.47 Å². The Morgan fingerprint density at radius 1 is 0.632 bits per heavy atom. The van der Waals surface area contributed by atoms with Crippen molar-refractivity contribution in [2.24, 2.45) is 0 Å². The van der Waals surface area contributed by atoms with Gasteiger partial charge >= 0.3 is 12.2 Å². The van der Waals surface area contributed by atoms with Gasteiger partial charge in [-0.1, -0.05) is 76.2 Å². The summed E-state index contributed by atoms with van der Waals surface area (Å²) in [6.45, 7) is 22.7. The van der Waals surface area contributed by atoms with E-state index >= 15 is 0 Å². The third-order valence-corrected chi connectivity index (χ3v) is 8.26. The lowest BCUT2D eigenvalue weighted by atomic mass is 9.98. The highest BCUT2D eigenvalue weighted by Gasteiger charge is 2.24. The number of fused-ring (bicyclic) bond motifs is 1. The van der Waals surface area contributed by atoms with Crippen molar-refractivity contribution in [1.82, 2.24) is 35.1 Å². The van der Waals surface area contributed by atoms with Gasteiger partial charge in [-0.15, -0.1) is 0 Å². The van der Waals surface area contributed by atoms with Crippen LogP contribution in [0.1, 0.15) is 101 Å². The summed E-state index contributed by atoms with van der Waals surface area (Å²) in [7, 11) is 1.60. The Morgan fingerprint density at radius 2 is 1.00 bits per heavy atom. The third-order valence-electron chi connectivity index (χ3n) is 8.26. The predicted molar refractivity (Wildman–Crippen MR) is 230 cm³/mol. The smallest absolute Gasteiger partial charge is 0.410 e. The lowest BCUT2D eigenvalue weighted by molar-refractivity contribution is -0.118. The number of hydrogen-bond acceptors (Lipinski definition) is 7. The SMILES string of the molecule is CC.CCCN(Cc1ncc(-c2ccc(-c3ccc4cc(-c5cnc(CN(CCC)C(=O)OC(C)(C)C)[nH]5)ccc4c3)cc2)[nH]1)C(=O)OC(C)(C)C.CNC(C)=O. The molecule has 5 aromatic rings. The van der Waals surface area contributed by atoms with Crippen molar-refractivity contribution >= 4 is 28.9 Å². The van der Waals surface area contributed by atoms with Gasteiger partial charge in [0.1, 0.15) is 22.9 Å². The molecule has 12 heteroatoms. The molecule has 3 amide bonds. The van der Waals surface area contributed by atoms with Crippen molar-refractivity contribution in [2.75, 3.05) is 20.1 Å². The Balaban J connectivity index is 0.00000115. The number of aromatic amines is 2. The maximum absolute atomic E-state index is 12.7. The molecule has 12 nitrogen and oxygen atoms in total. The molecule has 0 spiro atoms. The number of amides is 3. The maximum atomic E-state index is 12.7. The van der Waals surface area contributed by atoms with Crippen LogP contribution in [0.5, 0.6) is 0 Å². The van der Waals surface area contributed by atoms with Gasteiger partial charge in [-0.05, 0) is 94.0 Å². The van der Waals surface area contributed by atoms with Crippen LogP contribution in [0.15, 0.2) is 73.1 Å². The van der Waals surface area contributed by atoms with Gasteiger partial charge in [-0.2, -0.15) is 0 Å². The normalized spacial score (nSPS) is 11.1. The first-order valence-electron chi connectivity index (χ1n) is 19.9. The number of ether oxygens (including phenoxy) is 2. The van der Waals surface area contributed by atoms with Crippen molar-refractivity contribution < 1.29 is 23.9 Å². The second kappa shape index (κ2) is 21.0. The van der Waals surface area contributed by atoms with E-state index in [0.717, 1.165) is 57.3 Å². The van der Waals surface area contributed by atoms with Crippen LogP contribution in [0.25, 0.3) is 44.4 Å². The molecule has 5 rings (SSSR count). The zero-order valence-corrected chi connectivity index (χ0v) is 36.0. The molecule has 3 N–H and O–H groups in total. The molecule has 0 saturated heterocycles. The van der Waals surface area contributed by atoms with Gasteiger partial charge < -0.3 is 34.6 Å². The standard InChI is InChI=1S/C40H50N6O4.C3H7NO.C2H6/c1-9-19-45(37(47)49-39(3,4)5)25-35-41-23-33(43-35)28-13-11-27(12-14-28)29-15-16-31-22-32(18-17-30(31)21-29)34-24-42-36(44-34)26-46(20-10-2)38(48)50-40(6,7)8;1-3(5)4-2;1-2/h11-18,21-24H,9-10,19-20,25-26H2,1-8H3,(H,41,43)(H,42,44);1-2H3,(H,4,5);1-2H3. The fourth-order valence-corrected chi connectivity index (χ4v) is 5.64. The Hall–Kier alpha value is -5.65. The minimum Gasteiger partial charge on any atom is -0.444 e. The van der Waals surface area contributed by atoms with E-state index in [2.05, 4.69) is 85.9 Å². The highest BCUT2D eigenvalue weighted by Crippen LogP contribution is 2.30. The summed E-state index contributed by atoms with van der Waals surface area (Å²) in [5.41, 5.74) is 4.95. The minimum atomic E-state index is -0.555. The van der Waals surface area contributed by atoms with E-state index in [9.17, 15) is 14.4 Å². The highest BCUT2D eigenvalue weighted by molar-refractivity contribution is 5.90. The topological polar surface area (TPSA) is 146 Å². The molecular weight excluding hydrogens is 719 g/mol. The molecule has 2 heterocycles. The van der Waals surface area contributed by atoms with Crippen molar-refractivity contribution in [3.05, 3.63) is 84.7 Å². The molecule has 0 saturated carbocycles. The van der Waals surface area contributed by atoms with Gasteiger partial charge in [-0.25, -0.2) is 19.6 Å². The van der Waals surface area contributed by atoms with Crippen LogP contribution < -0.4 is 5.32 Å². The van der Waals surface area contributed by atoms with Crippen molar-refractivity contribution in [1.29, 1.82) is 0 Å². The number of H-pyrrole nitrogens is 2. The Labute approximate surface area is 338 Å². The van der Waals surface area contributed by atoms with Crippen LogP contribution in [0, 0.1) is 0 Å². The van der Waals surface area contributed by atoms with Gasteiger partial charge in [0.2, 0.25) is 5.91 Å². The number of benzene rings is 3. The summed E-state index contributed by atoms with van der Waals surface area (Å²) in [4.78, 5) is 54.4. The number of nitrogens with one attached hydrogen (secondary N) is 3. The van der Waals surface area contributed by atoms with Crippen LogP contribution >= 0.6 is 0 Å². The number of rotatable bonds is 11. The van der Waals surface area contributed by atoms with Crippen molar-refractivity contribution in [3.8, 4) is 33.6 Å². The molecule has 0 atom stereocenters. The number of carbonyl (C=O) groups is 3. The molecule has 0 fully saturated rings. The predicted octanol–water partition coefficient (Wildman–Crippen LogP) is 10.4. The van der Waals surface area contributed by atoms with E-state index in [1.54, 1.807) is 16.8 Å². The van der Waals surface area contributed by atoms with E-state index < -0.39 is 11.2 Å². The maximum Gasteiger partial charge on any atom is 0.410 e. The summed E-state index contributed by atoms with van der Waals surface area (Å²) in [5, 5.41) is 4.64. The van der Waals surface area contributed by atoms with Gasteiger partial charge in [0.05, 0.1) is 36.9 Å². The minimum absolute atomic E-state index is 0.00463. The first-order chi connectivity index (χ1) is 27.0. The Morgan fingerprint density at radius 3 is 1.40 bits per heavy atom. The number of imidazole rings is 2. The number of carbonyl (C=O) groups excluding carboxylic acids is 3. The summed E-state index contributed by atoms with van der Waals surface area (Å²) in [5.74, 6) is 1.43. The molecular formula is C45H63N7O5. The van der Waals surface area contributed by atoms with Crippen LogP contribution in [-0.2, 0) is 27.4 Å². The van der Waals surface area contributed by atoms with E-state index in [1.165, 1.54) is 6.92 Å². The molecule has 0 radical (unpaired) electrons. The zero-order valence-electron chi connectivity index (χ0n) is 36.0. The molecule has 0 unspecified atom stereocenters. The third kappa shape index (κ3) is 14.4. The molecule has 3 aromatic carbocycles. The Kier molecular flexibility index (Phi) is 16.9. The number of nitrogens with zero attached hydrogens (tertiary/aromatic N) is 4. The molecule has 2 aromatic heterocycles. The van der Waals surface area contributed by atoms with E-state index in [1.807, 2.05) is 81.6 Å². The zero-order chi connectivity index (χ0) is 42.3. The molecule has 0 aliphatic rings. The van der Waals surface area contributed by atoms with Crippen LogP contribution in [-0.4, -0.2) is 79.2 Å². The lowest BCUT2D eigenvalue weighted by Gasteiger charge is -2.26. The number of aromatic nitrogens is 4. The van der Waals surface area contributed by atoms with Gasteiger partial charge in [0, 0.05) is 32.6 Å². The average molecular weight is 782 g/mol. The van der Waals surface area contributed by atoms with Gasteiger partial charge in [0.25, 0.3) is 0 Å². The largest absolute Gasteiger partial charge is 0.444 e. The van der Waals surface area contributed by atoms with Crippen LogP contribution in [0.4, 0.5) is 9.59 Å². The molecule has 308 valence electrons. The quantitative estimate of drug-likeness (QED) is 0.121. The van der Waals surface area contributed by atoms with Gasteiger partial charge in [-0.3, -0.25) is 4.79 Å². The van der Waals surface area contributed by atoms with Crippen molar-refractivity contribution in [3.63, 3.8) is 0 Å². The second-order valence-electron chi connectivity index (χ2n) is 15.5. The van der Waals surface area contributed by atoms with E-state index in [-0.39, 0.29) is 18.1 Å². The average Bonchev–Trinajstić information content (AvgIpc) is 3.84. The Bertz CT molecular complexity index is 2040. The highest BCUT2D eigenvalue weighted by atomic mass is 16.6. The fourth-order valence-electron chi connectivity index (χ4n) is 5.64. The second-order valence-corrected chi connectivity index (χ2v) is 15.5. The lowest BCUT2D eigenvalue weighted by Crippen LogP contribution is -2.37. The summed E-state index contributed by atoms with van der Waals surface area (Å²) >= 11 is 0. The number of hydrogen-bond donors (Lipinski definition) is 3. The van der Waals surface area contributed by atoms with Crippen LogP contribution in [0.2, 0.25) is 0 Å².